The molecule has 0 saturated carbocycles. The van der Waals surface area contributed by atoms with Gasteiger partial charge in [0, 0.05) is 5.69 Å². The van der Waals surface area contributed by atoms with Crippen LogP contribution in [0.4, 0.5) is 11.4 Å². The van der Waals surface area contributed by atoms with Gasteiger partial charge in [0.1, 0.15) is 5.75 Å². The van der Waals surface area contributed by atoms with Crippen molar-refractivity contribution in [2.24, 2.45) is 0 Å². The molecule has 0 fully saturated rings. The lowest BCUT2D eigenvalue weighted by Crippen LogP contribution is -2.15. The molecular formula is C15H18N2O3S. The van der Waals surface area contributed by atoms with Gasteiger partial charge in [-0.3, -0.25) is 4.72 Å². The first-order valence-corrected chi connectivity index (χ1v) is 7.86. The number of nitrogen functional groups attached to an aromatic ring is 1. The summed E-state index contributed by atoms with van der Waals surface area (Å²) in [5, 5.41) is 0. The second-order valence-electron chi connectivity index (χ2n) is 4.78. The van der Waals surface area contributed by atoms with Gasteiger partial charge < -0.3 is 10.5 Å². The summed E-state index contributed by atoms with van der Waals surface area (Å²) in [7, 11) is -2.23. The first-order valence-electron chi connectivity index (χ1n) is 6.37. The van der Waals surface area contributed by atoms with E-state index in [1.807, 2.05) is 13.0 Å². The number of aryl methyl sites for hydroxylation is 1. The van der Waals surface area contributed by atoms with E-state index in [1.165, 1.54) is 13.2 Å². The zero-order valence-corrected chi connectivity index (χ0v) is 13.0. The van der Waals surface area contributed by atoms with Crippen molar-refractivity contribution in [3.05, 3.63) is 47.5 Å². The zero-order valence-electron chi connectivity index (χ0n) is 12.2. The quantitative estimate of drug-likeness (QED) is 0.851. The van der Waals surface area contributed by atoms with Crippen LogP contribution in [0.1, 0.15) is 11.1 Å². The molecule has 2 rings (SSSR count). The number of methoxy groups -OCH3 is 1. The Labute approximate surface area is 124 Å². The molecule has 0 spiro atoms. The SMILES string of the molecule is COc1ccc(C)cc1NS(=O)(=O)c1cccc(N)c1C. The van der Waals surface area contributed by atoms with Crippen LogP contribution in [0.15, 0.2) is 41.3 Å². The maximum absolute atomic E-state index is 12.5. The zero-order chi connectivity index (χ0) is 15.6. The molecule has 0 aliphatic heterocycles. The average Bonchev–Trinajstić information content (AvgIpc) is 2.41. The Balaban J connectivity index is 2.47. The number of rotatable bonds is 4. The van der Waals surface area contributed by atoms with E-state index in [2.05, 4.69) is 4.72 Å². The lowest BCUT2D eigenvalue weighted by atomic mass is 10.2. The van der Waals surface area contributed by atoms with Gasteiger partial charge in [-0.05, 0) is 49.2 Å². The van der Waals surface area contributed by atoms with Gasteiger partial charge in [-0.2, -0.15) is 0 Å². The topological polar surface area (TPSA) is 81.4 Å². The normalized spacial score (nSPS) is 11.2. The molecule has 5 nitrogen and oxygen atoms in total. The summed E-state index contributed by atoms with van der Waals surface area (Å²) >= 11 is 0. The summed E-state index contributed by atoms with van der Waals surface area (Å²) in [5.41, 5.74) is 8.07. The highest BCUT2D eigenvalue weighted by molar-refractivity contribution is 7.92. The van der Waals surface area contributed by atoms with Gasteiger partial charge in [0.25, 0.3) is 10.0 Å². The third-order valence-corrected chi connectivity index (χ3v) is 4.72. The van der Waals surface area contributed by atoms with Gasteiger partial charge in [-0.1, -0.05) is 12.1 Å². The molecule has 2 aromatic carbocycles. The smallest absolute Gasteiger partial charge is 0.262 e. The largest absolute Gasteiger partial charge is 0.495 e. The van der Waals surface area contributed by atoms with Gasteiger partial charge in [-0.15, -0.1) is 0 Å². The summed E-state index contributed by atoms with van der Waals surface area (Å²) < 4.78 is 32.8. The van der Waals surface area contributed by atoms with E-state index >= 15 is 0 Å². The number of sulfonamides is 1. The van der Waals surface area contributed by atoms with E-state index in [0.717, 1.165) is 5.56 Å². The number of nitrogens with two attached hydrogens (primary N) is 1. The van der Waals surface area contributed by atoms with Crippen molar-refractivity contribution >= 4 is 21.4 Å². The molecule has 0 atom stereocenters. The summed E-state index contributed by atoms with van der Waals surface area (Å²) in [5.74, 6) is 0.464. The molecule has 0 heterocycles. The van der Waals surface area contributed by atoms with Crippen LogP contribution in [0.5, 0.6) is 5.75 Å². The fraction of sp³-hybridized carbons (Fsp3) is 0.200. The van der Waals surface area contributed by atoms with Crippen LogP contribution in [-0.2, 0) is 10.0 Å². The van der Waals surface area contributed by atoms with Crippen LogP contribution in [0.3, 0.4) is 0 Å². The second-order valence-corrected chi connectivity index (χ2v) is 6.43. The van der Waals surface area contributed by atoms with E-state index in [0.29, 0.717) is 22.7 Å². The molecule has 2 aromatic rings. The van der Waals surface area contributed by atoms with Crippen LogP contribution in [0, 0.1) is 13.8 Å². The van der Waals surface area contributed by atoms with Crippen molar-refractivity contribution in [1.82, 2.24) is 0 Å². The number of nitrogens with one attached hydrogen (secondary N) is 1. The molecule has 0 saturated heterocycles. The molecule has 3 N–H and O–H groups in total. The Hall–Kier alpha value is -2.21. The summed E-state index contributed by atoms with van der Waals surface area (Å²) in [6, 6.07) is 10.1. The third-order valence-electron chi connectivity index (χ3n) is 3.21. The van der Waals surface area contributed by atoms with Crippen molar-refractivity contribution in [3.8, 4) is 5.75 Å². The predicted molar refractivity (Wildman–Crippen MR) is 84.1 cm³/mol. The molecule has 0 amide bonds. The minimum atomic E-state index is -3.73. The predicted octanol–water partition coefficient (Wildman–Crippen LogP) is 2.70. The molecule has 0 bridgehead atoms. The van der Waals surface area contributed by atoms with Crippen molar-refractivity contribution < 1.29 is 13.2 Å². The maximum atomic E-state index is 12.5. The third kappa shape index (κ3) is 3.11. The van der Waals surface area contributed by atoms with Crippen molar-refractivity contribution in [3.63, 3.8) is 0 Å². The van der Waals surface area contributed by atoms with Gasteiger partial charge in [0.05, 0.1) is 17.7 Å². The summed E-state index contributed by atoms with van der Waals surface area (Å²) in [4.78, 5) is 0.158. The molecule has 21 heavy (non-hydrogen) atoms. The average molecular weight is 306 g/mol. The standard InChI is InChI=1S/C15H18N2O3S/c1-10-7-8-14(20-3)13(9-10)17-21(18,19)15-6-4-5-12(16)11(15)2/h4-9,17H,16H2,1-3H3. The van der Waals surface area contributed by atoms with Crippen LogP contribution >= 0.6 is 0 Å². The molecular weight excluding hydrogens is 288 g/mol. The van der Waals surface area contributed by atoms with E-state index < -0.39 is 10.0 Å². The Bertz CT molecular complexity index is 770. The first-order chi connectivity index (χ1) is 9.85. The first kappa shape index (κ1) is 15.2. The van der Waals surface area contributed by atoms with Crippen molar-refractivity contribution in [2.75, 3.05) is 17.6 Å². The number of hydrogen-bond donors (Lipinski definition) is 2. The highest BCUT2D eigenvalue weighted by atomic mass is 32.2. The molecule has 112 valence electrons. The molecule has 0 radical (unpaired) electrons. The van der Waals surface area contributed by atoms with Crippen molar-refractivity contribution in [1.29, 1.82) is 0 Å². The van der Waals surface area contributed by atoms with Crippen LogP contribution in [0.2, 0.25) is 0 Å². The Morgan fingerprint density at radius 2 is 1.86 bits per heavy atom. The van der Waals surface area contributed by atoms with Gasteiger partial charge in [-0.25, -0.2) is 8.42 Å². The Morgan fingerprint density at radius 3 is 2.52 bits per heavy atom. The fourth-order valence-electron chi connectivity index (χ4n) is 2.02. The highest BCUT2D eigenvalue weighted by Crippen LogP contribution is 2.29. The number of benzene rings is 2. The lowest BCUT2D eigenvalue weighted by Gasteiger charge is -2.14. The van der Waals surface area contributed by atoms with E-state index in [-0.39, 0.29) is 4.90 Å². The molecule has 0 unspecified atom stereocenters. The van der Waals surface area contributed by atoms with Gasteiger partial charge in [0.15, 0.2) is 0 Å². The highest BCUT2D eigenvalue weighted by Gasteiger charge is 2.19. The van der Waals surface area contributed by atoms with Crippen molar-refractivity contribution in [2.45, 2.75) is 18.7 Å². The van der Waals surface area contributed by atoms with Crippen LogP contribution < -0.4 is 15.2 Å². The van der Waals surface area contributed by atoms with Crippen LogP contribution in [0.25, 0.3) is 0 Å². The fourth-order valence-corrected chi connectivity index (χ4v) is 3.36. The minimum Gasteiger partial charge on any atom is -0.495 e. The summed E-state index contributed by atoms with van der Waals surface area (Å²) in [6.07, 6.45) is 0. The molecule has 0 aliphatic rings. The van der Waals surface area contributed by atoms with Gasteiger partial charge >= 0.3 is 0 Å². The molecule has 0 aliphatic carbocycles. The second kappa shape index (κ2) is 5.65. The van der Waals surface area contributed by atoms with Gasteiger partial charge in [0.2, 0.25) is 0 Å². The monoisotopic (exact) mass is 306 g/mol. The maximum Gasteiger partial charge on any atom is 0.262 e. The molecule has 6 heteroatoms. The number of hydrogen-bond acceptors (Lipinski definition) is 4. The summed E-state index contributed by atoms with van der Waals surface area (Å²) in [6.45, 7) is 3.56. The Kier molecular flexibility index (Phi) is 4.09. The van der Waals surface area contributed by atoms with E-state index in [9.17, 15) is 8.42 Å². The molecule has 0 aromatic heterocycles. The van der Waals surface area contributed by atoms with Crippen LogP contribution in [-0.4, -0.2) is 15.5 Å². The number of ether oxygens (including phenoxy) is 1. The Morgan fingerprint density at radius 1 is 1.14 bits per heavy atom. The number of anilines is 2. The minimum absolute atomic E-state index is 0.158. The van der Waals surface area contributed by atoms with E-state index in [1.54, 1.807) is 31.2 Å². The lowest BCUT2D eigenvalue weighted by molar-refractivity contribution is 0.417. The van der Waals surface area contributed by atoms with E-state index in [4.69, 9.17) is 10.5 Å².